The van der Waals surface area contributed by atoms with Gasteiger partial charge in [-0.1, -0.05) is 0 Å². The summed E-state index contributed by atoms with van der Waals surface area (Å²) in [6.07, 6.45) is 6.72. The lowest BCUT2D eigenvalue weighted by Gasteiger charge is -2.43. The van der Waals surface area contributed by atoms with Crippen LogP contribution in [0.1, 0.15) is 88.3 Å². The molecule has 0 spiro atoms. The molecule has 1 aliphatic heterocycles. The second-order valence-electron chi connectivity index (χ2n) is 9.21. The molecule has 1 fully saturated rings. The summed E-state index contributed by atoms with van der Waals surface area (Å²) in [6.45, 7) is 7.71. The molecular weight excluding hydrogens is 314 g/mol. The molecule has 1 aromatic rings. The third-order valence-electron chi connectivity index (χ3n) is 6.04. The van der Waals surface area contributed by atoms with Crippen LogP contribution in [-0.4, -0.2) is 17.1 Å². The zero-order valence-electron chi connectivity index (χ0n) is 15.8. The lowest BCUT2D eigenvalue weighted by molar-refractivity contribution is -0.139. The first-order valence-electron chi connectivity index (χ1n) is 9.55. The summed E-state index contributed by atoms with van der Waals surface area (Å²) >= 11 is 0. The summed E-state index contributed by atoms with van der Waals surface area (Å²) in [5.41, 5.74) is 8.56. The molecule has 4 heteroatoms. The number of hydrogen-bond donors (Lipinski definition) is 1. The van der Waals surface area contributed by atoms with E-state index < -0.39 is 5.54 Å². The van der Waals surface area contributed by atoms with Crippen LogP contribution < -0.4 is 15.2 Å². The van der Waals surface area contributed by atoms with Crippen molar-refractivity contribution in [1.82, 2.24) is 0 Å². The highest BCUT2D eigenvalue weighted by atomic mass is 16.5. The topological polar surface area (TPSA) is 61.5 Å². The van der Waals surface area contributed by atoms with E-state index in [1.54, 1.807) is 13.8 Å². The molecule has 1 aromatic carbocycles. The Balaban J connectivity index is 1.84. The fourth-order valence-corrected chi connectivity index (χ4v) is 4.61. The van der Waals surface area contributed by atoms with E-state index in [9.17, 15) is 4.79 Å². The van der Waals surface area contributed by atoms with E-state index in [0.717, 1.165) is 24.3 Å². The van der Waals surface area contributed by atoms with Gasteiger partial charge in [0.1, 0.15) is 22.6 Å². The Hall–Kier alpha value is -1.55. The summed E-state index contributed by atoms with van der Waals surface area (Å²) < 4.78 is 12.3. The van der Waals surface area contributed by atoms with Crippen LogP contribution in [0.2, 0.25) is 0 Å². The number of carbonyl (C=O) groups is 1. The summed E-state index contributed by atoms with van der Waals surface area (Å²) in [5, 5.41) is 0. The smallest absolute Gasteiger partial charge is 0.330 e. The van der Waals surface area contributed by atoms with Gasteiger partial charge in [-0.2, -0.15) is 0 Å². The quantitative estimate of drug-likeness (QED) is 0.646. The van der Waals surface area contributed by atoms with Crippen molar-refractivity contribution in [3.63, 3.8) is 0 Å². The fraction of sp³-hybridized carbons (Fsp3) is 0.667. The lowest BCUT2D eigenvalue weighted by atomic mass is 9.65. The highest BCUT2D eigenvalue weighted by Gasteiger charge is 2.42. The largest absolute Gasteiger partial charge is 0.487 e. The number of fused-ring (bicyclic) bond motifs is 3. The Bertz CT molecular complexity index is 722. The molecule has 2 N–H and O–H groups in total. The predicted molar refractivity (Wildman–Crippen MR) is 97.3 cm³/mol. The van der Waals surface area contributed by atoms with Crippen molar-refractivity contribution >= 4 is 5.97 Å². The summed E-state index contributed by atoms with van der Waals surface area (Å²) in [6, 6.07) is 2.05. The zero-order valence-corrected chi connectivity index (χ0v) is 15.8. The predicted octanol–water partition coefficient (Wildman–Crippen LogP) is 4.19. The number of benzene rings is 1. The van der Waals surface area contributed by atoms with Crippen LogP contribution in [-0.2, 0) is 11.2 Å². The Kier molecular flexibility index (Phi) is 3.70. The van der Waals surface area contributed by atoms with Crippen LogP contribution in [0.4, 0.5) is 0 Å². The molecule has 4 nitrogen and oxygen atoms in total. The van der Waals surface area contributed by atoms with Gasteiger partial charge in [-0.15, -0.1) is 0 Å². The highest BCUT2D eigenvalue weighted by Crippen LogP contribution is 2.57. The monoisotopic (exact) mass is 343 g/mol. The van der Waals surface area contributed by atoms with Gasteiger partial charge >= 0.3 is 5.97 Å². The molecule has 2 bridgehead atoms. The lowest BCUT2D eigenvalue weighted by Crippen LogP contribution is -2.44. The molecular formula is C21H29NO3. The standard InChI is InChI=1S/C21H29NO3/c1-20(2)10-9-14-11-15(24-19(23)21(3,4)22)16-12-5-7-13(8-6-12)17(16)18(14)25-20/h11-13H,5-10,22H2,1-4H3. The van der Waals surface area contributed by atoms with Gasteiger partial charge in [0, 0.05) is 11.1 Å². The van der Waals surface area contributed by atoms with Crippen LogP contribution in [0.5, 0.6) is 11.5 Å². The van der Waals surface area contributed by atoms with E-state index >= 15 is 0 Å². The van der Waals surface area contributed by atoms with Gasteiger partial charge in [0.15, 0.2) is 0 Å². The van der Waals surface area contributed by atoms with Crippen LogP contribution >= 0.6 is 0 Å². The van der Waals surface area contributed by atoms with Crippen molar-refractivity contribution in [2.75, 3.05) is 0 Å². The van der Waals surface area contributed by atoms with Gasteiger partial charge in [-0.3, -0.25) is 0 Å². The molecule has 0 atom stereocenters. The maximum Gasteiger partial charge on any atom is 0.330 e. The Labute approximate surface area is 150 Å². The van der Waals surface area contributed by atoms with Gasteiger partial charge in [-0.05, 0) is 89.7 Å². The SMILES string of the molecule is CC1(C)CCc2cc(OC(=O)C(C)(C)N)c3c(c2O1)C1CCC3CC1. The molecule has 0 aromatic heterocycles. The molecule has 0 unspecified atom stereocenters. The average molecular weight is 343 g/mol. The van der Waals surface area contributed by atoms with Crippen LogP contribution in [0, 0.1) is 0 Å². The van der Waals surface area contributed by atoms with Crippen molar-refractivity contribution in [2.45, 2.75) is 89.2 Å². The van der Waals surface area contributed by atoms with Crippen LogP contribution in [0.25, 0.3) is 0 Å². The van der Waals surface area contributed by atoms with E-state index in [1.165, 1.54) is 42.4 Å². The first-order valence-corrected chi connectivity index (χ1v) is 9.55. The van der Waals surface area contributed by atoms with Gasteiger partial charge in [0.05, 0.1) is 0 Å². The summed E-state index contributed by atoms with van der Waals surface area (Å²) in [5.74, 6) is 2.45. The summed E-state index contributed by atoms with van der Waals surface area (Å²) in [7, 11) is 0. The van der Waals surface area contributed by atoms with Gasteiger partial charge < -0.3 is 15.2 Å². The van der Waals surface area contributed by atoms with Crippen molar-refractivity contribution < 1.29 is 14.3 Å². The fourth-order valence-electron chi connectivity index (χ4n) is 4.61. The van der Waals surface area contributed by atoms with Crippen molar-refractivity contribution in [2.24, 2.45) is 5.73 Å². The van der Waals surface area contributed by atoms with Crippen molar-refractivity contribution in [1.29, 1.82) is 0 Å². The molecule has 25 heavy (non-hydrogen) atoms. The summed E-state index contributed by atoms with van der Waals surface area (Å²) in [4.78, 5) is 12.4. The highest BCUT2D eigenvalue weighted by molar-refractivity contribution is 5.82. The molecule has 136 valence electrons. The third-order valence-corrected chi connectivity index (χ3v) is 6.04. The molecule has 0 amide bonds. The van der Waals surface area contributed by atoms with E-state index in [-0.39, 0.29) is 11.6 Å². The minimum atomic E-state index is -0.991. The number of hydrogen-bond acceptors (Lipinski definition) is 4. The van der Waals surface area contributed by atoms with E-state index in [1.807, 2.05) is 6.07 Å². The number of carbonyl (C=O) groups excluding carboxylic acids is 1. The van der Waals surface area contributed by atoms with E-state index in [0.29, 0.717) is 11.8 Å². The average Bonchev–Trinajstić information content (AvgIpc) is 2.54. The second kappa shape index (κ2) is 5.47. The van der Waals surface area contributed by atoms with Crippen LogP contribution in [0.15, 0.2) is 6.07 Å². The van der Waals surface area contributed by atoms with Gasteiger partial charge in [-0.25, -0.2) is 4.79 Å². The Morgan fingerprint density at radius 1 is 1.20 bits per heavy atom. The van der Waals surface area contributed by atoms with Gasteiger partial charge in [0.25, 0.3) is 0 Å². The molecule has 3 aliphatic carbocycles. The van der Waals surface area contributed by atoms with Gasteiger partial charge in [0.2, 0.25) is 0 Å². The number of ether oxygens (including phenoxy) is 2. The molecule has 0 radical (unpaired) electrons. The minimum absolute atomic E-state index is 0.130. The molecule has 1 saturated carbocycles. The second-order valence-corrected chi connectivity index (χ2v) is 9.21. The number of nitrogens with two attached hydrogens (primary N) is 1. The Morgan fingerprint density at radius 2 is 1.80 bits per heavy atom. The number of esters is 1. The molecule has 1 heterocycles. The zero-order chi connectivity index (χ0) is 18.0. The molecule has 5 rings (SSSR count). The Morgan fingerprint density at radius 3 is 2.40 bits per heavy atom. The van der Waals surface area contributed by atoms with Crippen LogP contribution in [0.3, 0.4) is 0 Å². The molecule has 4 aliphatic rings. The number of rotatable bonds is 2. The van der Waals surface area contributed by atoms with Crippen molar-refractivity contribution in [3.05, 3.63) is 22.8 Å². The third kappa shape index (κ3) is 2.84. The van der Waals surface area contributed by atoms with E-state index in [4.69, 9.17) is 15.2 Å². The first-order chi connectivity index (χ1) is 11.7. The maximum atomic E-state index is 12.4. The van der Waals surface area contributed by atoms with E-state index in [2.05, 4.69) is 13.8 Å². The first kappa shape index (κ1) is 16.9. The maximum absolute atomic E-state index is 12.4. The number of aryl methyl sites for hydroxylation is 1. The minimum Gasteiger partial charge on any atom is -0.487 e. The normalized spacial score (nSPS) is 26.4. The molecule has 0 saturated heterocycles. The van der Waals surface area contributed by atoms with Crippen molar-refractivity contribution in [3.8, 4) is 11.5 Å².